The molecule has 0 fully saturated rings. The lowest BCUT2D eigenvalue weighted by Crippen LogP contribution is -2.26. The van der Waals surface area contributed by atoms with Crippen LogP contribution in [0.25, 0.3) is 11.1 Å². The van der Waals surface area contributed by atoms with Gasteiger partial charge < -0.3 is 9.64 Å². The molecule has 0 bridgehead atoms. The number of ether oxygens (including phenoxy) is 1. The molecule has 0 aliphatic heterocycles. The summed E-state index contributed by atoms with van der Waals surface area (Å²) in [5.41, 5.74) is 5.23. The molecular formula is C19H18N2O2S. The molecule has 0 N–H and O–H groups in total. The zero-order valence-electron chi connectivity index (χ0n) is 13.6. The molecule has 0 unspecified atom stereocenters. The average molecular weight is 338 g/mol. The van der Waals surface area contributed by atoms with E-state index in [1.165, 1.54) is 11.3 Å². The number of carbonyl (C=O) groups is 1. The molecule has 1 aromatic heterocycles. The fourth-order valence-electron chi connectivity index (χ4n) is 2.54. The minimum absolute atomic E-state index is 0.0390. The first-order valence-corrected chi connectivity index (χ1v) is 8.49. The number of benzene rings is 2. The highest BCUT2D eigenvalue weighted by Gasteiger charge is 2.16. The first-order chi connectivity index (χ1) is 11.7. The number of hydrogen-bond acceptors (Lipinski definition) is 4. The SMILES string of the molecule is COc1ccc(C(=O)N(C)Cc2cscn2)cc1-c1ccccc1. The monoisotopic (exact) mass is 338 g/mol. The maximum atomic E-state index is 12.7. The van der Waals surface area contributed by atoms with Crippen molar-refractivity contribution in [3.05, 3.63) is 70.7 Å². The van der Waals surface area contributed by atoms with Gasteiger partial charge in [0.15, 0.2) is 0 Å². The molecule has 0 radical (unpaired) electrons. The maximum absolute atomic E-state index is 12.7. The summed E-state index contributed by atoms with van der Waals surface area (Å²) in [4.78, 5) is 18.6. The molecule has 0 spiro atoms. The normalized spacial score (nSPS) is 10.4. The molecular weight excluding hydrogens is 320 g/mol. The molecule has 1 amide bonds. The summed E-state index contributed by atoms with van der Waals surface area (Å²) in [6.07, 6.45) is 0. The van der Waals surface area contributed by atoms with Crippen LogP contribution in [0.1, 0.15) is 16.1 Å². The summed E-state index contributed by atoms with van der Waals surface area (Å²) in [7, 11) is 3.42. The number of carbonyl (C=O) groups excluding carboxylic acids is 1. The predicted molar refractivity (Wildman–Crippen MR) is 96.3 cm³/mol. The first-order valence-electron chi connectivity index (χ1n) is 7.55. The Balaban J connectivity index is 1.89. The number of thiazole rings is 1. The van der Waals surface area contributed by atoms with Gasteiger partial charge in [0, 0.05) is 23.6 Å². The van der Waals surface area contributed by atoms with Crippen LogP contribution in [0, 0.1) is 0 Å². The molecule has 4 nitrogen and oxygen atoms in total. The van der Waals surface area contributed by atoms with Crippen molar-refractivity contribution in [2.75, 3.05) is 14.2 Å². The molecule has 1 heterocycles. The topological polar surface area (TPSA) is 42.4 Å². The van der Waals surface area contributed by atoms with E-state index in [1.54, 1.807) is 30.6 Å². The molecule has 0 atom stereocenters. The highest BCUT2D eigenvalue weighted by Crippen LogP contribution is 2.31. The second-order valence-electron chi connectivity index (χ2n) is 5.42. The van der Waals surface area contributed by atoms with E-state index in [0.29, 0.717) is 12.1 Å². The second kappa shape index (κ2) is 7.27. The molecule has 2 aromatic carbocycles. The zero-order valence-corrected chi connectivity index (χ0v) is 14.4. The smallest absolute Gasteiger partial charge is 0.253 e. The molecule has 0 saturated carbocycles. The lowest BCUT2D eigenvalue weighted by molar-refractivity contribution is 0.0783. The van der Waals surface area contributed by atoms with Crippen LogP contribution < -0.4 is 4.74 Å². The predicted octanol–water partition coefficient (Wildman–Crippen LogP) is 4.09. The third kappa shape index (κ3) is 3.46. The third-order valence-electron chi connectivity index (χ3n) is 3.76. The van der Waals surface area contributed by atoms with Gasteiger partial charge in [0.05, 0.1) is 24.9 Å². The third-order valence-corrected chi connectivity index (χ3v) is 4.40. The Bertz CT molecular complexity index is 817. The number of hydrogen-bond donors (Lipinski definition) is 0. The summed E-state index contributed by atoms with van der Waals surface area (Å²) < 4.78 is 5.45. The fourth-order valence-corrected chi connectivity index (χ4v) is 3.08. The standard InChI is InChI=1S/C19H18N2O2S/c1-21(11-16-12-24-13-20-16)19(22)15-8-9-18(23-2)17(10-15)14-6-4-3-5-7-14/h3-10,12-13H,11H2,1-2H3. The summed E-state index contributed by atoms with van der Waals surface area (Å²) in [6, 6.07) is 15.4. The van der Waals surface area contributed by atoms with Crippen LogP contribution in [0.4, 0.5) is 0 Å². The highest BCUT2D eigenvalue weighted by atomic mass is 32.1. The number of aromatic nitrogens is 1. The summed E-state index contributed by atoms with van der Waals surface area (Å²) in [6.45, 7) is 0.495. The van der Waals surface area contributed by atoms with Gasteiger partial charge in [-0.2, -0.15) is 0 Å². The van der Waals surface area contributed by atoms with Crippen molar-refractivity contribution < 1.29 is 9.53 Å². The number of nitrogens with zero attached hydrogens (tertiary/aromatic N) is 2. The van der Waals surface area contributed by atoms with Crippen LogP contribution >= 0.6 is 11.3 Å². The molecule has 0 saturated heterocycles. The van der Waals surface area contributed by atoms with Gasteiger partial charge in [-0.05, 0) is 23.8 Å². The molecule has 3 aromatic rings. The molecule has 5 heteroatoms. The Kier molecular flexibility index (Phi) is 4.91. The lowest BCUT2D eigenvalue weighted by Gasteiger charge is -2.17. The van der Waals surface area contributed by atoms with Crippen LogP contribution in [-0.4, -0.2) is 29.9 Å². The minimum atomic E-state index is -0.0390. The van der Waals surface area contributed by atoms with Gasteiger partial charge in [-0.1, -0.05) is 30.3 Å². The van der Waals surface area contributed by atoms with Crippen LogP contribution in [-0.2, 0) is 6.54 Å². The van der Waals surface area contributed by atoms with Gasteiger partial charge in [-0.25, -0.2) is 4.98 Å². The van der Waals surface area contributed by atoms with E-state index in [-0.39, 0.29) is 5.91 Å². The van der Waals surface area contributed by atoms with Crippen molar-refractivity contribution in [2.24, 2.45) is 0 Å². The Morgan fingerprint density at radius 3 is 2.67 bits per heavy atom. The van der Waals surface area contributed by atoms with Gasteiger partial charge in [-0.15, -0.1) is 11.3 Å². The summed E-state index contributed by atoms with van der Waals surface area (Å²) in [5, 5.41) is 1.95. The minimum Gasteiger partial charge on any atom is -0.496 e. The maximum Gasteiger partial charge on any atom is 0.253 e. The van der Waals surface area contributed by atoms with E-state index in [4.69, 9.17) is 4.74 Å². The van der Waals surface area contributed by atoms with Gasteiger partial charge in [0.25, 0.3) is 5.91 Å². The molecule has 0 aliphatic rings. The second-order valence-corrected chi connectivity index (χ2v) is 6.14. The highest BCUT2D eigenvalue weighted by molar-refractivity contribution is 7.07. The number of methoxy groups -OCH3 is 1. The van der Waals surface area contributed by atoms with Gasteiger partial charge in [0.1, 0.15) is 5.75 Å². The van der Waals surface area contributed by atoms with Crippen LogP contribution in [0.15, 0.2) is 59.4 Å². The largest absolute Gasteiger partial charge is 0.496 e. The van der Waals surface area contributed by atoms with Gasteiger partial charge >= 0.3 is 0 Å². The first kappa shape index (κ1) is 16.2. The van der Waals surface area contributed by atoms with E-state index in [1.807, 2.05) is 47.8 Å². The van der Waals surface area contributed by atoms with Crippen LogP contribution in [0.3, 0.4) is 0 Å². The quantitative estimate of drug-likeness (QED) is 0.704. The molecule has 24 heavy (non-hydrogen) atoms. The van der Waals surface area contributed by atoms with E-state index in [2.05, 4.69) is 4.98 Å². The molecule has 122 valence electrons. The molecule has 0 aliphatic carbocycles. The fraction of sp³-hybridized carbons (Fsp3) is 0.158. The van der Waals surface area contributed by atoms with Gasteiger partial charge in [-0.3, -0.25) is 4.79 Å². The average Bonchev–Trinajstić information content (AvgIpc) is 3.14. The van der Waals surface area contributed by atoms with E-state index in [9.17, 15) is 4.79 Å². The van der Waals surface area contributed by atoms with E-state index in [0.717, 1.165) is 22.6 Å². The van der Waals surface area contributed by atoms with Crippen molar-refractivity contribution >= 4 is 17.2 Å². The zero-order chi connectivity index (χ0) is 16.9. The van der Waals surface area contributed by atoms with E-state index < -0.39 is 0 Å². The Labute approximate surface area is 145 Å². The van der Waals surface area contributed by atoms with Crippen LogP contribution in [0.2, 0.25) is 0 Å². The van der Waals surface area contributed by atoms with Crippen molar-refractivity contribution in [3.63, 3.8) is 0 Å². The van der Waals surface area contributed by atoms with Crippen molar-refractivity contribution in [2.45, 2.75) is 6.54 Å². The van der Waals surface area contributed by atoms with Gasteiger partial charge in [0.2, 0.25) is 0 Å². The lowest BCUT2D eigenvalue weighted by atomic mass is 10.0. The Morgan fingerprint density at radius 1 is 1.21 bits per heavy atom. The van der Waals surface area contributed by atoms with Crippen molar-refractivity contribution in [3.8, 4) is 16.9 Å². The van der Waals surface area contributed by atoms with E-state index >= 15 is 0 Å². The number of rotatable bonds is 5. The summed E-state index contributed by atoms with van der Waals surface area (Å²) in [5.74, 6) is 0.711. The number of amides is 1. The van der Waals surface area contributed by atoms with Crippen LogP contribution in [0.5, 0.6) is 5.75 Å². The molecule has 3 rings (SSSR count). The Morgan fingerprint density at radius 2 is 2.00 bits per heavy atom. The van der Waals surface area contributed by atoms with Crippen molar-refractivity contribution in [1.29, 1.82) is 0 Å². The summed E-state index contributed by atoms with van der Waals surface area (Å²) >= 11 is 1.53. The Hall–Kier alpha value is -2.66. The van der Waals surface area contributed by atoms with Crippen molar-refractivity contribution in [1.82, 2.24) is 9.88 Å².